The van der Waals surface area contributed by atoms with E-state index in [0.29, 0.717) is 5.56 Å². The number of carbonyl (C=O) groups is 1. The van der Waals surface area contributed by atoms with Crippen LogP contribution in [0.15, 0.2) is 36.5 Å². The Morgan fingerprint density at radius 1 is 1.35 bits per heavy atom. The molecule has 23 heavy (non-hydrogen) atoms. The number of pyridine rings is 1. The summed E-state index contributed by atoms with van der Waals surface area (Å²) < 4.78 is 4.63. The molecule has 0 bridgehead atoms. The molecule has 0 aliphatic carbocycles. The van der Waals surface area contributed by atoms with Crippen LogP contribution in [0, 0.1) is 10.1 Å². The molecule has 1 aromatic carbocycles. The number of aromatic nitrogens is 1. The maximum absolute atomic E-state index is 11.4. The van der Waals surface area contributed by atoms with E-state index in [2.05, 4.69) is 15.0 Å². The third-order valence-electron chi connectivity index (χ3n) is 3.24. The highest BCUT2D eigenvalue weighted by Gasteiger charge is 2.21. The van der Waals surface area contributed by atoms with E-state index in [4.69, 9.17) is 11.6 Å². The molecular formula is C15H14ClN3O4. The molecule has 0 unspecified atom stereocenters. The van der Waals surface area contributed by atoms with Crippen molar-refractivity contribution in [3.8, 4) is 0 Å². The van der Waals surface area contributed by atoms with Gasteiger partial charge in [-0.3, -0.25) is 10.1 Å². The number of halogens is 1. The van der Waals surface area contributed by atoms with Crippen molar-refractivity contribution in [1.29, 1.82) is 0 Å². The molecule has 2 aromatic rings. The number of methoxy groups -OCH3 is 1. The van der Waals surface area contributed by atoms with Crippen molar-refractivity contribution in [1.82, 2.24) is 4.98 Å². The Labute approximate surface area is 137 Å². The molecular weight excluding hydrogens is 322 g/mol. The van der Waals surface area contributed by atoms with Crippen molar-refractivity contribution < 1.29 is 14.5 Å². The Morgan fingerprint density at radius 3 is 2.57 bits per heavy atom. The van der Waals surface area contributed by atoms with Crippen LogP contribution in [0.1, 0.15) is 28.9 Å². The van der Waals surface area contributed by atoms with E-state index in [0.717, 1.165) is 5.56 Å². The molecule has 0 amide bonds. The number of ether oxygens (including phenoxy) is 1. The van der Waals surface area contributed by atoms with Crippen molar-refractivity contribution in [3.05, 3.63) is 62.8 Å². The Hall–Kier alpha value is -2.67. The van der Waals surface area contributed by atoms with E-state index in [1.54, 1.807) is 24.3 Å². The number of nitrogens with one attached hydrogen (secondary N) is 1. The average molecular weight is 336 g/mol. The highest BCUT2D eigenvalue weighted by molar-refractivity contribution is 6.33. The smallest absolute Gasteiger partial charge is 0.337 e. The topological polar surface area (TPSA) is 94.4 Å². The van der Waals surface area contributed by atoms with Crippen LogP contribution in [-0.2, 0) is 4.74 Å². The second-order valence-corrected chi connectivity index (χ2v) is 5.13. The Morgan fingerprint density at radius 2 is 2.00 bits per heavy atom. The van der Waals surface area contributed by atoms with Gasteiger partial charge >= 0.3 is 11.7 Å². The summed E-state index contributed by atoms with van der Waals surface area (Å²) in [6.45, 7) is 1.82. The zero-order valence-corrected chi connectivity index (χ0v) is 13.2. The molecule has 0 aliphatic rings. The average Bonchev–Trinajstić information content (AvgIpc) is 2.54. The number of esters is 1. The van der Waals surface area contributed by atoms with Crippen LogP contribution in [0.4, 0.5) is 11.5 Å². The van der Waals surface area contributed by atoms with Crippen LogP contribution < -0.4 is 5.32 Å². The minimum Gasteiger partial charge on any atom is -0.465 e. The Kier molecular flexibility index (Phi) is 5.13. The van der Waals surface area contributed by atoms with Gasteiger partial charge in [-0.1, -0.05) is 23.7 Å². The molecule has 1 heterocycles. The molecule has 0 spiro atoms. The molecule has 0 aliphatic heterocycles. The molecule has 1 aromatic heterocycles. The first kappa shape index (κ1) is 16.7. The normalized spacial score (nSPS) is 11.6. The van der Waals surface area contributed by atoms with E-state index in [1.807, 2.05) is 6.92 Å². The predicted molar refractivity (Wildman–Crippen MR) is 85.7 cm³/mol. The van der Waals surface area contributed by atoms with Crippen molar-refractivity contribution in [3.63, 3.8) is 0 Å². The van der Waals surface area contributed by atoms with Crippen LogP contribution in [0.3, 0.4) is 0 Å². The lowest BCUT2D eigenvalue weighted by molar-refractivity contribution is -0.384. The first-order valence-corrected chi connectivity index (χ1v) is 7.05. The highest BCUT2D eigenvalue weighted by Crippen LogP contribution is 2.32. The second kappa shape index (κ2) is 7.06. The van der Waals surface area contributed by atoms with Gasteiger partial charge < -0.3 is 10.1 Å². The minimum absolute atomic E-state index is 0.0146. The summed E-state index contributed by atoms with van der Waals surface area (Å²) in [7, 11) is 1.31. The van der Waals surface area contributed by atoms with Gasteiger partial charge in [0, 0.05) is 6.20 Å². The molecule has 0 radical (unpaired) electrons. The lowest BCUT2D eigenvalue weighted by atomic mass is 10.1. The number of rotatable bonds is 5. The molecule has 8 heteroatoms. The molecule has 1 atom stereocenters. The quantitative estimate of drug-likeness (QED) is 0.509. The van der Waals surface area contributed by atoms with Crippen molar-refractivity contribution in [2.45, 2.75) is 13.0 Å². The first-order valence-electron chi connectivity index (χ1n) is 6.67. The van der Waals surface area contributed by atoms with Gasteiger partial charge in [0.2, 0.25) is 5.82 Å². The highest BCUT2D eigenvalue weighted by atomic mass is 35.5. The molecule has 0 fully saturated rings. The molecule has 120 valence electrons. The molecule has 0 saturated carbocycles. The van der Waals surface area contributed by atoms with Gasteiger partial charge in [0.25, 0.3) is 0 Å². The predicted octanol–water partition coefficient (Wildman–Crippen LogP) is 3.60. The van der Waals surface area contributed by atoms with Crippen LogP contribution >= 0.6 is 11.6 Å². The van der Waals surface area contributed by atoms with Crippen LogP contribution in [-0.4, -0.2) is 23.0 Å². The van der Waals surface area contributed by atoms with Crippen molar-refractivity contribution in [2.24, 2.45) is 0 Å². The number of carbonyl (C=O) groups excluding carboxylic acids is 1. The fourth-order valence-electron chi connectivity index (χ4n) is 2.02. The lowest BCUT2D eigenvalue weighted by Gasteiger charge is -2.15. The number of benzene rings is 1. The summed E-state index contributed by atoms with van der Waals surface area (Å²) in [6.07, 6.45) is 1.39. The third kappa shape index (κ3) is 3.75. The summed E-state index contributed by atoms with van der Waals surface area (Å²) in [5.41, 5.74) is 0.983. The molecule has 1 N–H and O–H groups in total. The third-order valence-corrected chi connectivity index (χ3v) is 3.55. The standard InChI is InChI=1S/C15H14ClN3O4/c1-9(10-3-5-11(6-4-10)15(20)23-2)18-14-13(19(21)22)12(16)7-8-17-14/h3-9H,1-2H3,(H,17,18)/t9-/m0/s1. The van der Waals surface area contributed by atoms with Gasteiger partial charge in [-0.05, 0) is 30.7 Å². The molecule has 2 rings (SSSR count). The van der Waals surface area contributed by atoms with E-state index in [9.17, 15) is 14.9 Å². The number of nitrogens with zero attached hydrogens (tertiary/aromatic N) is 2. The number of nitro groups is 1. The fraction of sp³-hybridized carbons (Fsp3) is 0.200. The van der Waals surface area contributed by atoms with Gasteiger partial charge in [0.15, 0.2) is 0 Å². The fourth-order valence-corrected chi connectivity index (χ4v) is 2.24. The van der Waals surface area contributed by atoms with Gasteiger partial charge in [0.05, 0.1) is 23.6 Å². The van der Waals surface area contributed by atoms with Gasteiger partial charge in [0.1, 0.15) is 5.02 Å². The van der Waals surface area contributed by atoms with Crippen LogP contribution in [0.5, 0.6) is 0 Å². The van der Waals surface area contributed by atoms with Crippen LogP contribution in [0.25, 0.3) is 0 Å². The number of anilines is 1. The summed E-state index contributed by atoms with van der Waals surface area (Å²) in [4.78, 5) is 25.9. The minimum atomic E-state index is -0.579. The Bertz CT molecular complexity index is 734. The van der Waals surface area contributed by atoms with E-state index >= 15 is 0 Å². The van der Waals surface area contributed by atoms with E-state index in [-0.39, 0.29) is 22.6 Å². The van der Waals surface area contributed by atoms with Crippen LogP contribution in [0.2, 0.25) is 5.02 Å². The van der Waals surface area contributed by atoms with Crippen molar-refractivity contribution >= 4 is 29.1 Å². The zero-order valence-electron chi connectivity index (χ0n) is 12.4. The van der Waals surface area contributed by atoms with E-state index in [1.165, 1.54) is 19.4 Å². The lowest BCUT2D eigenvalue weighted by Crippen LogP contribution is -2.10. The Balaban J connectivity index is 2.23. The van der Waals surface area contributed by atoms with Gasteiger partial charge in [-0.25, -0.2) is 9.78 Å². The van der Waals surface area contributed by atoms with Gasteiger partial charge in [-0.15, -0.1) is 0 Å². The number of hydrogen-bond donors (Lipinski definition) is 1. The van der Waals surface area contributed by atoms with E-state index < -0.39 is 10.9 Å². The largest absolute Gasteiger partial charge is 0.465 e. The maximum atomic E-state index is 11.4. The molecule has 7 nitrogen and oxygen atoms in total. The summed E-state index contributed by atoms with van der Waals surface area (Å²) in [6, 6.07) is 7.81. The summed E-state index contributed by atoms with van der Waals surface area (Å²) >= 11 is 5.85. The second-order valence-electron chi connectivity index (χ2n) is 4.73. The molecule has 0 saturated heterocycles. The maximum Gasteiger partial charge on any atom is 0.337 e. The zero-order chi connectivity index (χ0) is 17.0. The number of hydrogen-bond acceptors (Lipinski definition) is 6. The monoisotopic (exact) mass is 335 g/mol. The van der Waals surface area contributed by atoms with Gasteiger partial charge in [-0.2, -0.15) is 0 Å². The first-order chi connectivity index (χ1) is 10.9. The summed E-state index contributed by atoms with van der Waals surface area (Å²) in [5.74, 6) is -0.337. The summed E-state index contributed by atoms with van der Waals surface area (Å²) in [5, 5.41) is 14.1. The SMILES string of the molecule is COC(=O)c1ccc([C@H](C)Nc2nccc(Cl)c2[N+](=O)[O-])cc1. The van der Waals surface area contributed by atoms with Crippen molar-refractivity contribution in [2.75, 3.05) is 12.4 Å².